The number of aromatic nitrogens is 1. The third-order valence-corrected chi connectivity index (χ3v) is 3.18. The number of aldehydes is 1. The van der Waals surface area contributed by atoms with Crippen LogP contribution in [0.4, 0.5) is 5.69 Å². The number of rotatable bonds is 5. The summed E-state index contributed by atoms with van der Waals surface area (Å²) >= 11 is 0. The summed E-state index contributed by atoms with van der Waals surface area (Å²) in [4.78, 5) is 49.0. The van der Waals surface area contributed by atoms with Crippen LogP contribution in [0.1, 0.15) is 41.6 Å². The Morgan fingerprint density at radius 1 is 1.08 bits per heavy atom. The molecular weight excluding hydrogens is 316 g/mol. The van der Waals surface area contributed by atoms with E-state index in [4.69, 9.17) is 0 Å². The number of amides is 1. The molecule has 0 fully saturated rings. The molecule has 0 saturated carbocycles. The lowest BCUT2D eigenvalue weighted by Crippen LogP contribution is -2.16. The molecule has 0 bridgehead atoms. The molecule has 8 nitrogen and oxygen atoms in total. The van der Waals surface area contributed by atoms with Crippen LogP contribution in [0.2, 0.25) is 0 Å². The second kappa shape index (κ2) is 7.23. The predicted molar refractivity (Wildman–Crippen MR) is 83.3 cm³/mol. The van der Waals surface area contributed by atoms with Gasteiger partial charge >= 0.3 is 11.9 Å². The number of hydrogen-bond acceptors (Lipinski definition) is 6. The highest BCUT2D eigenvalue weighted by Gasteiger charge is 2.18. The Balaban J connectivity index is 2.37. The summed E-state index contributed by atoms with van der Waals surface area (Å²) in [6.45, 7) is 0. The van der Waals surface area contributed by atoms with E-state index >= 15 is 0 Å². The smallest absolute Gasteiger partial charge is 0.339 e. The Morgan fingerprint density at radius 2 is 1.79 bits per heavy atom. The number of nitrogens with one attached hydrogen (secondary N) is 2. The zero-order valence-electron chi connectivity index (χ0n) is 12.9. The van der Waals surface area contributed by atoms with Gasteiger partial charge in [-0.2, -0.15) is 0 Å². The van der Waals surface area contributed by atoms with Crippen LogP contribution in [0.5, 0.6) is 0 Å². The second-order valence-corrected chi connectivity index (χ2v) is 4.66. The maximum absolute atomic E-state index is 12.2. The molecule has 0 aliphatic rings. The first-order chi connectivity index (χ1) is 11.5. The van der Waals surface area contributed by atoms with Gasteiger partial charge in [-0.15, -0.1) is 0 Å². The normalized spacial score (nSPS) is 9.92. The fourth-order valence-electron chi connectivity index (χ4n) is 1.98. The molecule has 8 heteroatoms. The first-order valence-electron chi connectivity index (χ1n) is 6.75. The van der Waals surface area contributed by atoms with Crippen LogP contribution in [-0.2, 0) is 9.47 Å². The van der Waals surface area contributed by atoms with E-state index in [1.165, 1.54) is 44.7 Å². The molecule has 1 heterocycles. The van der Waals surface area contributed by atoms with Gasteiger partial charge in [0, 0.05) is 11.8 Å². The lowest BCUT2D eigenvalue weighted by atomic mass is 10.1. The van der Waals surface area contributed by atoms with Gasteiger partial charge in [-0.3, -0.25) is 9.59 Å². The number of methoxy groups -OCH3 is 2. The molecule has 1 aromatic heterocycles. The zero-order valence-corrected chi connectivity index (χ0v) is 12.9. The van der Waals surface area contributed by atoms with Gasteiger partial charge in [-0.25, -0.2) is 9.59 Å². The number of hydrogen-bond donors (Lipinski definition) is 2. The molecule has 0 spiro atoms. The van der Waals surface area contributed by atoms with E-state index in [9.17, 15) is 19.2 Å². The van der Waals surface area contributed by atoms with Crippen molar-refractivity contribution in [1.29, 1.82) is 0 Å². The van der Waals surface area contributed by atoms with Crippen molar-refractivity contribution in [3.8, 4) is 0 Å². The zero-order chi connectivity index (χ0) is 17.7. The lowest BCUT2D eigenvalue weighted by molar-refractivity contribution is 0.0587. The number of aromatic amines is 1. The van der Waals surface area contributed by atoms with E-state index < -0.39 is 17.8 Å². The summed E-state index contributed by atoms with van der Waals surface area (Å²) in [5.74, 6) is -1.89. The first-order valence-corrected chi connectivity index (χ1v) is 6.75. The molecule has 0 aliphatic carbocycles. The van der Waals surface area contributed by atoms with E-state index in [0.29, 0.717) is 11.8 Å². The van der Waals surface area contributed by atoms with Crippen LogP contribution < -0.4 is 5.32 Å². The predicted octanol–water partition coefficient (Wildman–Crippen LogP) is 1.65. The van der Waals surface area contributed by atoms with Gasteiger partial charge in [0.1, 0.15) is 5.69 Å². The first kappa shape index (κ1) is 16.9. The number of ether oxygens (including phenoxy) is 2. The highest BCUT2D eigenvalue weighted by Crippen LogP contribution is 2.20. The van der Waals surface area contributed by atoms with Crippen molar-refractivity contribution in [2.24, 2.45) is 0 Å². The van der Waals surface area contributed by atoms with Crippen molar-refractivity contribution in [2.75, 3.05) is 19.5 Å². The highest BCUT2D eigenvalue weighted by atomic mass is 16.5. The van der Waals surface area contributed by atoms with Gasteiger partial charge in [0.05, 0.1) is 31.0 Å². The Bertz CT molecular complexity index is 809. The summed E-state index contributed by atoms with van der Waals surface area (Å²) in [7, 11) is 2.41. The monoisotopic (exact) mass is 330 g/mol. The summed E-state index contributed by atoms with van der Waals surface area (Å²) in [5, 5.41) is 2.50. The van der Waals surface area contributed by atoms with Crippen LogP contribution >= 0.6 is 0 Å². The second-order valence-electron chi connectivity index (χ2n) is 4.66. The topological polar surface area (TPSA) is 115 Å². The van der Waals surface area contributed by atoms with Gasteiger partial charge in [0.25, 0.3) is 5.91 Å². The van der Waals surface area contributed by atoms with E-state index in [2.05, 4.69) is 19.8 Å². The van der Waals surface area contributed by atoms with Crippen molar-refractivity contribution >= 4 is 29.8 Å². The minimum atomic E-state index is -0.679. The third-order valence-electron chi connectivity index (χ3n) is 3.18. The van der Waals surface area contributed by atoms with E-state index in [1.54, 1.807) is 0 Å². The molecule has 0 radical (unpaired) electrons. The average Bonchev–Trinajstić information content (AvgIpc) is 3.09. The number of anilines is 1. The molecule has 0 atom stereocenters. The Morgan fingerprint density at radius 3 is 2.38 bits per heavy atom. The number of H-pyrrole nitrogens is 1. The fraction of sp³-hybridized carbons (Fsp3) is 0.125. The number of carbonyl (C=O) groups is 4. The molecule has 24 heavy (non-hydrogen) atoms. The van der Waals surface area contributed by atoms with Crippen LogP contribution in [0, 0.1) is 0 Å². The Kier molecular flexibility index (Phi) is 5.10. The lowest BCUT2D eigenvalue weighted by Gasteiger charge is -2.11. The minimum Gasteiger partial charge on any atom is -0.465 e. The fourth-order valence-corrected chi connectivity index (χ4v) is 1.98. The summed E-state index contributed by atoms with van der Waals surface area (Å²) in [6, 6.07) is 5.38. The largest absolute Gasteiger partial charge is 0.465 e. The molecule has 1 aromatic carbocycles. The maximum atomic E-state index is 12.2. The summed E-state index contributed by atoms with van der Waals surface area (Å²) in [6.07, 6.45) is 1.96. The molecule has 1 amide bonds. The highest BCUT2D eigenvalue weighted by molar-refractivity contribution is 6.08. The molecule has 0 unspecified atom stereocenters. The van der Waals surface area contributed by atoms with Crippen molar-refractivity contribution < 1.29 is 28.7 Å². The van der Waals surface area contributed by atoms with Crippen LogP contribution in [0.3, 0.4) is 0 Å². The Labute approximate surface area is 136 Å². The van der Waals surface area contributed by atoms with Gasteiger partial charge in [0.2, 0.25) is 0 Å². The molecule has 0 aliphatic heterocycles. The molecule has 2 aromatic rings. The van der Waals surface area contributed by atoms with Crippen LogP contribution in [-0.4, -0.2) is 43.3 Å². The SMILES string of the molecule is COC(=O)c1ccc(C(=O)OC)c(NC(=O)c2cc(C=O)c[nH]2)c1. The van der Waals surface area contributed by atoms with E-state index in [1.807, 2.05) is 0 Å². The summed E-state index contributed by atoms with van der Waals surface area (Å²) in [5.41, 5.74) is 0.728. The number of esters is 2. The van der Waals surface area contributed by atoms with Crippen molar-refractivity contribution in [2.45, 2.75) is 0 Å². The molecule has 2 N–H and O–H groups in total. The number of benzene rings is 1. The quantitative estimate of drug-likeness (QED) is 0.636. The van der Waals surface area contributed by atoms with Gasteiger partial charge < -0.3 is 19.8 Å². The Hall–Kier alpha value is -3.42. The molecule has 124 valence electrons. The van der Waals surface area contributed by atoms with Crippen molar-refractivity contribution in [3.63, 3.8) is 0 Å². The van der Waals surface area contributed by atoms with Crippen molar-refractivity contribution in [1.82, 2.24) is 4.98 Å². The van der Waals surface area contributed by atoms with E-state index in [0.717, 1.165) is 0 Å². The van der Waals surface area contributed by atoms with E-state index in [-0.39, 0.29) is 22.5 Å². The standard InChI is InChI=1S/C16H14N2O6/c1-23-15(21)10-3-4-11(16(22)24-2)12(6-10)18-14(20)13-5-9(8-19)7-17-13/h3-8,17H,1-2H3,(H,18,20). The molecular formula is C16H14N2O6. The third kappa shape index (κ3) is 3.49. The minimum absolute atomic E-state index is 0.0701. The van der Waals surface area contributed by atoms with Gasteiger partial charge in [0.15, 0.2) is 6.29 Å². The summed E-state index contributed by atoms with van der Waals surface area (Å²) < 4.78 is 9.26. The average molecular weight is 330 g/mol. The molecule has 2 rings (SSSR count). The van der Waals surface area contributed by atoms with Crippen LogP contribution in [0.15, 0.2) is 30.5 Å². The van der Waals surface area contributed by atoms with Crippen molar-refractivity contribution in [3.05, 3.63) is 52.8 Å². The maximum Gasteiger partial charge on any atom is 0.339 e. The van der Waals surface area contributed by atoms with Crippen LogP contribution in [0.25, 0.3) is 0 Å². The van der Waals surface area contributed by atoms with Gasteiger partial charge in [-0.1, -0.05) is 0 Å². The molecule has 0 saturated heterocycles. The number of carbonyl (C=O) groups excluding carboxylic acids is 4. The van der Waals surface area contributed by atoms with Gasteiger partial charge in [-0.05, 0) is 24.3 Å².